The predicted octanol–water partition coefficient (Wildman–Crippen LogP) is 1.15. The minimum Gasteiger partial charge on any atom is -0.341 e. The van der Waals surface area contributed by atoms with Crippen molar-refractivity contribution in [1.82, 2.24) is 13.5 Å². The normalized spacial score (nSPS) is 22.9. The molecular formula is C15H29N3O3S. The van der Waals surface area contributed by atoms with E-state index in [1.165, 1.54) is 4.31 Å². The maximum atomic E-state index is 12.8. The standard InChI is InChI=1S/C15H29N3O3S/c1-12(2)15(19)17-8-5-9-18(11-10-17)22(20,21)16(4)13(3)14-6-7-14/h12-14H,5-11H2,1-4H3/t13-/m1/s1. The van der Waals surface area contributed by atoms with E-state index in [-0.39, 0.29) is 17.9 Å². The lowest BCUT2D eigenvalue weighted by molar-refractivity contribution is -0.134. The minimum absolute atomic E-state index is 0.0410. The molecule has 2 aliphatic rings. The molecule has 2 fully saturated rings. The highest BCUT2D eigenvalue weighted by Crippen LogP contribution is 2.35. The molecule has 0 radical (unpaired) electrons. The second-order valence-corrected chi connectivity index (χ2v) is 8.82. The summed E-state index contributed by atoms with van der Waals surface area (Å²) in [6.45, 7) is 7.77. The molecule has 1 saturated heterocycles. The van der Waals surface area contributed by atoms with Gasteiger partial charge >= 0.3 is 0 Å². The molecule has 1 heterocycles. The van der Waals surface area contributed by atoms with E-state index in [1.807, 2.05) is 20.8 Å². The Hall–Kier alpha value is -0.660. The Labute approximate surface area is 134 Å². The van der Waals surface area contributed by atoms with E-state index >= 15 is 0 Å². The Morgan fingerprint density at radius 2 is 1.73 bits per heavy atom. The molecule has 22 heavy (non-hydrogen) atoms. The van der Waals surface area contributed by atoms with Crippen LogP contribution in [0.3, 0.4) is 0 Å². The fourth-order valence-corrected chi connectivity index (χ4v) is 4.61. The quantitative estimate of drug-likeness (QED) is 0.759. The first-order chi connectivity index (χ1) is 10.2. The molecule has 2 rings (SSSR count). The van der Waals surface area contributed by atoms with Crippen molar-refractivity contribution in [3.63, 3.8) is 0 Å². The van der Waals surface area contributed by atoms with Crippen LogP contribution >= 0.6 is 0 Å². The summed E-state index contributed by atoms with van der Waals surface area (Å²) in [5, 5.41) is 0. The molecule has 0 N–H and O–H groups in total. The van der Waals surface area contributed by atoms with Gasteiger partial charge in [-0.1, -0.05) is 13.8 Å². The second kappa shape index (κ2) is 6.84. The van der Waals surface area contributed by atoms with Crippen molar-refractivity contribution in [1.29, 1.82) is 0 Å². The van der Waals surface area contributed by atoms with Gasteiger partial charge in [0.15, 0.2) is 0 Å². The third-order valence-electron chi connectivity index (χ3n) is 4.83. The summed E-state index contributed by atoms with van der Waals surface area (Å²) in [5.41, 5.74) is 0. The average molecular weight is 331 g/mol. The van der Waals surface area contributed by atoms with Gasteiger partial charge in [0.1, 0.15) is 0 Å². The molecular weight excluding hydrogens is 302 g/mol. The topological polar surface area (TPSA) is 60.9 Å². The molecule has 1 aliphatic carbocycles. The molecule has 6 nitrogen and oxygen atoms in total. The van der Waals surface area contributed by atoms with Crippen LogP contribution in [-0.2, 0) is 15.0 Å². The van der Waals surface area contributed by atoms with Crippen molar-refractivity contribution in [3.05, 3.63) is 0 Å². The van der Waals surface area contributed by atoms with Crippen molar-refractivity contribution in [2.24, 2.45) is 11.8 Å². The molecule has 0 aromatic heterocycles. The van der Waals surface area contributed by atoms with Gasteiger partial charge in [0.05, 0.1) is 0 Å². The number of nitrogens with zero attached hydrogens (tertiary/aromatic N) is 3. The third-order valence-corrected chi connectivity index (χ3v) is 6.91. The van der Waals surface area contributed by atoms with Crippen LogP contribution in [0.15, 0.2) is 0 Å². The summed E-state index contributed by atoms with van der Waals surface area (Å²) >= 11 is 0. The molecule has 0 unspecified atom stereocenters. The maximum Gasteiger partial charge on any atom is 0.282 e. The lowest BCUT2D eigenvalue weighted by Gasteiger charge is -2.30. The van der Waals surface area contributed by atoms with Crippen LogP contribution in [-0.4, -0.2) is 67.1 Å². The monoisotopic (exact) mass is 331 g/mol. The number of hydrogen-bond acceptors (Lipinski definition) is 3. The van der Waals surface area contributed by atoms with Crippen molar-refractivity contribution in [3.8, 4) is 0 Å². The zero-order valence-electron chi connectivity index (χ0n) is 14.2. The first-order valence-electron chi connectivity index (χ1n) is 8.27. The van der Waals surface area contributed by atoms with Crippen molar-refractivity contribution >= 4 is 16.1 Å². The van der Waals surface area contributed by atoms with Gasteiger partial charge in [0, 0.05) is 45.2 Å². The van der Waals surface area contributed by atoms with E-state index in [4.69, 9.17) is 0 Å². The number of hydrogen-bond donors (Lipinski definition) is 0. The molecule has 0 aromatic rings. The highest BCUT2D eigenvalue weighted by molar-refractivity contribution is 7.86. The number of carbonyl (C=O) groups excluding carboxylic acids is 1. The molecule has 128 valence electrons. The van der Waals surface area contributed by atoms with Crippen LogP contribution in [0, 0.1) is 11.8 Å². The highest BCUT2D eigenvalue weighted by atomic mass is 32.2. The van der Waals surface area contributed by atoms with Gasteiger partial charge in [-0.25, -0.2) is 0 Å². The highest BCUT2D eigenvalue weighted by Gasteiger charge is 2.38. The van der Waals surface area contributed by atoms with E-state index in [0.717, 1.165) is 12.8 Å². The SMILES string of the molecule is CC(C)C(=O)N1CCCN(S(=O)(=O)N(C)[C@H](C)C2CC2)CC1. The maximum absolute atomic E-state index is 12.8. The zero-order chi connectivity index (χ0) is 16.5. The third kappa shape index (κ3) is 3.81. The molecule has 1 amide bonds. The Kier molecular flexibility index (Phi) is 5.50. The summed E-state index contributed by atoms with van der Waals surface area (Å²) < 4.78 is 28.6. The summed E-state index contributed by atoms with van der Waals surface area (Å²) in [5.74, 6) is 0.574. The Bertz CT molecular complexity index is 502. The lowest BCUT2D eigenvalue weighted by Crippen LogP contribution is -2.47. The lowest BCUT2D eigenvalue weighted by atomic mass is 10.2. The minimum atomic E-state index is -3.43. The Balaban J connectivity index is 2.01. The molecule has 0 spiro atoms. The fourth-order valence-electron chi connectivity index (χ4n) is 2.98. The fraction of sp³-hybridized carbons (Fsp3) is 0.933. The van der Waals surface area contributed by atoms with Gasteiger partial charge in [-0.15, -0.1) is 0 Å². The number of amides is 1. The van der Waals surface area contributed by atoms with Crippen LogP contribution < -0.4 is 0 Å². The zero-order valence-corrected chi connectivity index (χ0v) is 15.0. The molecule has 0 bridgehead atoms. The average Bonchev–Trinajstić information content (AvgIpc) is 3.30. The Morgan fingerprint density at radius 1 is 1.09 bits per heavy atom. The van der Waals surface area contributed by atoms with E-state index in [1.54, 1.807) is 16.3 Å². The molecule has 7 heteroatoms. The summed E-state index contributed by atoms with van der Waals surface area (Å²) in [6, 6.07) is 0.0571. The predicted molar refractivity (Wildman–Crippen MR) is 86.5 cm³/mol. The summed E-state index contributed by atoms with van der Waals surface area (Å²) in [4.78, 5) is 13.9. The van der Waals surface area contributed by atoms with E-state index in [9.17, 15) is 13.2 Å². The van der Waals surface area contributed by atoms with Gasteiger partial charge < -0.3 is 4.90 Å². The number of rotatable bonds is 5. The van der Waals surface area contributed by atoms with Crippen molar-refractivity contribution in [2.45, 2.75) is 46.1 Å². The van der Waals surface area contributed by atoms with Gasteiger partial charge in [-0.3, -0.25) is 4.79 Å². The van der Waals surface area contributed by atoms with Crippen molar-refractivity contribution < 1.29 is 13.2 Å². The van der Waals surface area contributed by atoms with Gasteiger partial charge in [0.25, 0.3) is 10.2 Å². The Morgan fingerprint density at radius 3 is 2.27 bits per heavy atom. The van der Waals surface area contributed by atoms with Crippen LogP contribution in [0.25, 0.3) is 0 Å². The molecule has 1 aliphatic heterocycles. The second-order valence-electron chi connectivity index (χ2n) is 6.83. The van der Waals surface area contributed by atoms with Crippen LogP contribution in [0.5, 0.6) is 0 Å². The van der Waals surface area contributed by atoms with Gasteiger partial charge in [0.2, 0.25) is 5.91 Å². The van der Waals surface area contributed by atoms with E-state index in [0.29, 0.717) is 38.5 Å². The van der Waals surface area contributed by atoms with E-state index < -0.39 is 10.2 Å². The van der Waals surface area contributed by atoms with Crippen molar-refractivity contribution in [2.75, 3.05) is 33.2 Å². The van der Waals surface area contributed by atoms with Crippen LogP contribution in [0.2, 0.25) is 0 Å². The van der Waals surface area contributed by atoms with Gasteiger partial charge in [-0.05, 0) is 32.1 Å². The summed E-state index contributed by atoms with van der Waals surface area (Å²) in [6.07, 6.45) is 2.94. The number of carbonyl (C=O) groups is 1. The molecule has 1 saturated carbocycles. The molecule has 1 atom stereocenters. The van der Waals surface area contributed by atoms with Crippen LogP contribution in [0.4, 0.5) is 0 Å². The first kappa shape index (κ1) is 17.7. The van der Waals surface area contributed by atoms with Crippen LogP contribution in [0.1, 0.15) is 40.0 Å². The molecule has 0 aromatic carbocycles. The largest absolute Gasteiger partial charge is 0.341 e. The summed E-state index contributed by atoms with van der Waals surface area (Å²) in [7, 11) is -1.75. The first-order valence-corrected chi connectivity index (χ1v) is 9.66. The smallest absolute Gasteiger partial charge is 0.282 e. The van der Waals surface area contributed by atoms with Gasteiger partial charge in [-0.2, -0.15) is 17.0 Å². The van der Waals surface area contributed by atoms with E-state index in [2.05, 4.69) is 0 Å².